The molecule has 5 unspecified atom stereocenters. The lowest BCUT2D eigenvalue weighted by Gasteiger charge is -2.50. The lowest BCUT2D eigenvalue weighted by molar-refractivity contribution is -0.154. The zero-order valence-electron chi connectivity index (χ0n) is 23.8. The number of hydrogen-bond acceptors (Lipinski definition) is 9. The van der Waals surface area contributed by atoms with Crippen molar-refractivity contribution < 1.29 is 39.9 Å². The first kappa shape index (κ1) is 29.2. The van der Waals surface area contributed by atoms with Gasteiger partial charge in [-0.2, -0.15) is 0 Å². The van der Waals surface area contributed by atoms with Crippen molar-refractivity contribution in [1.82, 2.24) is 0 Å². The van der Waals surface area contributed by atoms with E-state index >= 15 is 0 Å². The van der Waals surface area contributed by atoms with E-state index in [1.807, 2.05) is 65.6 Å². The summed E-state index contributed by atoms with van der Waals surface area (Å²) in [5.41, 5.74) is 3.63. The molecule has 0 aliphatic heterocycles. The fourth-order valence-corrected chi connectivity index (χ4v) is 7.07. The van der Waals surface area contributed by atoms with Crippen LogP contribution in [-0.2, 0) is 22.7 Å². The third kappa shape index (κ3) is 4.29. The number of nitrogens with zero attached hydrogens (tertiary/aromatic N) is 1. The number of amides is 1. The summed E-state index contributed by atoms with van der Waals surface area (Å²) in [6.45, 7) is 2.49. The van der Waals surface area contributed by atoms with Gasteiger partial charge in [0.05, 0.1) is 17.4 Å². The molecule has 0 saturated heterocycles. The predicted octanol–water partition coefficient (Wildman–Crippen LogP) is 3.32. The first-order valence-electron chi connectivity index (χ1n) is 14.3. The van der Waals surface area contributed by atoms with Gasteiger partial charge >= 0.3 is 0 Å². The monoisotopic (exact) mass is 596 g/mol. The molecule has 0 fully saturated rings. The fourth-order valence-electron chi connectivity index (χ4n) is 7.07. The van der Waals surface area contributed by atoms with Crippen LogP contribution in [0.3, 0.4) is 0 Å². The third-order valence-corrected chi connectivity index (χ3v) is 9.25. The van der Waals surface area contributed by atoms with Gasteiger partial charge in [0.1, 0.15) is 22.8 Å². The van der Waals surface area contributed by atoms with Crippen LogP contribution in [0.15, 0.2) is 95.5 Å². The Morgan fingerprint density at radius 3 is 2.05 bits per heavy atom. The Kier molecular flexibility index (Phi) is 7.06. The number of primary amides is 1. The summed E-state index contributed by atoms with van der Waals surface area (Å²) in [4.78, 5) is 41.4. The summed E-state index contributed by atoms with van der Waals surface area (Å²) in [5.74, 6) is -8.85. The van der Waals surface area contributed by atoms with Crippen LogP contribution in [0.5, 0.6) is 5.75 Å². The van der Waals surface area contributed by atoms with Crippen LogP contribution in [0.4, 0.5) is 5.69 Å². The standard InChI is InChI=1S/C34H32N2O8/c1-17-20-12-13-22(36(15-18-8-4-2-5-9-18)16-19-10-6-3-7-11-19)29(39)25(20)30(40)27-24(17)28(38)21-14-23(37)26(33(35)43)31(41)34(21,44)32(27)42/h2-13,17,21,24,28,37-39,42,44H,14-16H2,1H3,(H2,35,43). The smallest absolute Gasteiger partial charge is 0.255 e. The van der Waals surface area contributed by atoms with Crippen molar-refractivity contribution in [3.8, 4) is 5.75 Å². The maximum Gasteiger partial charge on any atom is 0.255 e. The second-order valence-corrected chi connectivity index (χ2v) is 11.7. The Labute approximate surface area is 253 Å². The van der Waals surface area contributed by atoms with E-state index in [0.717, 1.165) is 11.1 Å². The zero-order chi connectivity index (χ0) is 31.5. The minimum absolute atomic E-state index is 0.120. The molecule has 7 N–H and O–H groups in total. The van der Waals surface area contributed by atoms with Crippen molar-refractivity contribution in [3.63, 3.8) is 0 Å². The molecule has 0 saturated carbocycles. The molecule has 10 heteroatoms. The number of phenols is 1. The maximum absolute atomic E-state index is 14.2. The average molecular weight is 597 g/mol. The molecule has 44 heavy (non-hydrogen) atoms. The molecule has 3 aliphatic rings. The van der Waals surface area contributed by atoms with Gasteiger partial charge in [0.2, 0.25) is 5.78 Å². The van der Waals surface area contributed by atoms with Crippen molar-refractivity contribution in [2.45, 2.75) is 44.1 Å². The fraction of sp³-hybridized carbons (Fsp3) is 0.265. The lowest BCUT2D eigenvalue weighted by Crippen LogP contribution is -2.62. The Bertz CT molecular complexity index is 1710. The molecule has 5 atom stereocenters. The van der Waals surface area contributed by atoms with Gasteiger partial charge in [0.25, 0.3) is 5.91 Å². The normalized spacial score (nSPS) is 26.2. The second kappa shape index (κ2) is 10.7. The Balaban J connectivity index is 1.49. The number of hydrogen-bond donors (Lipinski definition) is 6. The largest absolute Gasteiger partial charge is 0.511 e. The number of carbonyl (C=O) groups excluding carboxylic acids is 3. The van der Waals surface area contributed by atoms with Gasteiger partial charge in [-0.25, -0.2) is 0 Å². The zero-order valence-corrected chi connectivity index (χ0v) is 23.8. The first-order chi connectivity index (χ1) is 21.0. The van der Waals surface area contributed by atoms with Crippen LogP contribution in [0.1, 0.15) is 46.3 Å². The Morgan fingerprint density at radius 1 is 0.932 bits per heavy atom. The number of nitrogens with two attached hydrogens (primary N) is 1. The molecule has 1 amide bonds. The summed E-state index contributed by atoms with van der Waals surface area (Å²) >= 11 is 0. The third-order valence-electron chi connectivity index (χ3n) is 9.25. The number of phenolic OH excluding ortho intramolecular Hbond substituents is 1. The highest BCUT2D eigenvalue weighted by Gasteiger charge is 2.64. The van der Waals surface area contributed by atoms with E-state index in [1.165, 1.54) is 0 Å². The van der Waals surface area contributed by atoms with Gasteiger partial charge in [-0.05, 0) is 28.7 Å². The number of aliphatic hydroxyl groups excluding tert-OH is 3. The van der Waals surface area contributed by atoms with Gasteiger partial charge in [-0.1, -0.05) is 73.7 Å². The van der Waals surface area contributed by atoms with E-state index in [4.69, 9.17) is 5.73 Å². The molecule has 10 nitrogen and oxygen atoms in total. The van der Waals surface area contributed by atoms with Crippen LogP contribution in [0.25, 0.3) is 0 Å². The highest BCUT2D eigenvalue weighted by molar-refractivity contribution is 6.24. The van der Waals surface area contributed by atoms with Gasteiger partial charge in [-0.3, -0.25) is 14.4 Å². The number of carbonyl (C=O) groups is 3. The number of aliphatic hydroxyl groups is 4. The summed E-state index contributed by atoms with van der Waals surface area (Å²) in [5, 5.41) is 56.6. The van der Waals surface area contributed by atoms with Crippen LogP contribution in [0.2, 0.25) is 0 Å². The molecule has 0 spiro atoms. The lowest BCUT2D eigenvalue weighted by atomic mass is 9.56. The summed E-state index contributed by atoms with van der Waals surface area (Å²) < 4.78 is 0. The highest BCUT2D eigenvalue weighted by atomic mass is 16.4. The van der Waals surface area contributed by atoms with E-state index in [-0.39, 0.29) is 11.3 Å². The number of Topliss-reactive ketones (excluding diaryl/α,β-unsaturated/α-hetero) is 2. The molecule has 3 aliphatic carbocycles. The first-order valence-corrected chi connectivity index (χ1v) is 14.3. The number of benzene rings is 3. The summed E-state index contributed by atoms with van der Waals surface area (Å²) in [6.07, 6.45) is -2.10. The van der Waals surface area contributed by atoms with Crippen LogP contribution in [-0.4, -0.2) is 54.7 Å². The molecule has 0 bridgehead atoms. The SMILES string of the molecule is CC1c2ccc(N(Cc3ccccc3)Cc3ccccc3)c(O)c2C(=O)C2=C(O)C3(O)C(=O)C(C(N)=O)=C(O)CC3C(O)C21. The van der Waals surface area contributed by atoms with E-state index < -0.39 is 76.0 Å². The van der Waals surface area contributed by atoms with E-state index in [2.05, 4.69) is 0 Å². The van der Waals surface area contributed by atoms with Crippen molar-refractivity contribution in [1.29, 1.82) is 0 Å². The number of anilines is 1. The van der Waals surface area contributed by atoms with Crippen LogP contribution < -0.4 is 10.6 Å². The average Bonchev–Trinajstić information content (AvgIpc) is 3.00. The molecular weight excluding hydrogens is 564 g/mol. The molecule has 3 aromatic rings. The molecule has 0 aromatic heterocycles. The summed E-state index contributed by atoms with van der Waals surface area (Å²) in [7, 11) is 0. The predicted molar refractivity (Wildman–Crippen MR) is 160 cm³/mol. The van der Waals surface area contributed by atoms with Crippen LogP contribution >= 0.6 is 0 Å². The van der Waals surface area contributed by atoms with Crippen molar-refractivity contribution in [2.24, 2.45) is 17.6 Å². The molecular formula is C34H32N2O8. The number of fused-ring (bicyclic) bond motifs is 3. The van der Waals surface area contributed by atoms with Crippen molar-refractivity contribution in [2.75, 3.05) is 4.90 Å². The minimum Gasteiger partial charge on any atom is -0.511 e. The topological polar surface area (TPSA) is 182 Å². The van der Waals surface area contributed by atoms with Gasteiger partial charge < -0.3 is 36.2 Å². The Hall–Kier alpha value is -4.93. The minimum atomic E-state index is -2.88. The highest BCUT2D eigenvalue weighted by Crippen LogP contribution is 2.55. The maximum atomic E-state index is 14.2. The number of allylic oxidation sites excluding steroid dienone is 1. The van der Waals surface area contributed by atoms with Gasteiger partial charge in [-0.15, -0.1) is 0 Å². The summed E-state index contributed by atoms with van der Waals surface area (Å²) in [6, 6.07) is 22.6. The van der Waals surface area contributed by atoms with E-state index in [9.17, 15) is 39.9 Å². The molecule has 3 aromatic carbocycles. The van der Waals surface area contributed by atoms with Crippen molar-refractivity contribution in [3.05, 3.63) is 118 Å². The van der Waals surface area contributed by atoms with Gasteiger partial charge in [0.15, 0.2) is 11.4 Å². The van der Waals surface area contributed by atoms with E-state index in [0.29, 0.717) is 24.3 Å². The number of rotatable bonds is 6. The Morgan fingerprint density at radius 2 is 1.50 bits per heavy atom. The quantitative estimate of drug-likeness (QED) is 0.233. The van der Waals surface area contributed by atoms with Crippen molar-refractivity contribution >= 4 is 23.2 Å². The molecule has 0 radical (unpaired) electrons. The molecule has 0 heterocycles. The molecule has 226 valence electrons. The van der Waals surface area contributed by atoms with Gasteiger partial charge in [0, 0.05) is 36.9 Å². The van der Waals surface area contributed by atoms with E-state index in [1.54, 1.807) is 19.1 Å². The van der Waals surface area contributed by atoms with Crippen LogP contribution in [0, 0.1) is 11.8 Å². The number of ketones is 2. The molecule has 6 rings (SSSR count). The second-order valence-electron chi connectivity index (χ2n) is 11.7. The number of aromatic hydroxyl groups is 1.